The van der Waals surface area contributed by atoms with Gasteiger partial charge in [-0.2, -0.15) is 5.26 Å². The van der Waals surface area contributed by atoms with E-state index < -0.39 is 5.82 Å². The normalized spacial score (nSPS) is 17.5. The van der Waals surface area contributed by atoms with Crippen molar-refractivity contribution in [3.8, 4) is 6.07 Å². The second kappa shape index (κ2) is 7.08. The molecule has 1 aromatic rings. The van der Waals surface area contributed by atoms with E-state index in [0.29, 0.717) is 17.8 Å². The van der Waals surface area contributed by atoms with Gasteiger partial charge in [0.2, 0.25) is 5.91 Å². The van der Waals surface area contributed by atoms with E-state index in [2.05, 4.69) is 5.32 Å². The molecule has 0 unspecified atom stereocenters. The van der Waals surface area contributed by atoms with Gasteiger partial charge in [0.25, 0.3) is 0 Å². The quantitative estimate of drug-likeness (QED) is 0.873. The summed E-state index contributed by atoms with van der Waals surface area (Å²) in [4.78, 5) is 13.7. The van der Waals surface area contributed by atoms with E-state index in [-0.39, 0.29) is 11.9 Å². The summed E-state index contributed by atoms with van der Waals surface area (Å²) in [7, 11) is 0. The van der Waals surface area contributed by atoms with Crippen LogP contribution >= 0.6 is 0 Å². The minimum absolute atomic E-state index is 0.00638. The lowest BCUT2D eigenvalue weighted by Crippen LogP contribution is -2.47. The Morgan fingerprint density at radius 3 is 2.91 bits per heavy atom. The molecule has 5 heteroatoms. The molecule has 0 radical (unpaired) electrons. The number of nitriles is 1. The number of nitrogens with one attached hydrogen (secondary N) is 1. The van der Waals surface area contributed by atoms with Crippen LogP contribution in [0.15, 0.2) is 29.8 Å². The molecular formula is C17H20FN3O. The molecule has 1 N–H and O–H groups in total. The lowest BCUT2D eigenvalue weighted by atomic mass is 10.0. The largest absolute Gasteiger partial charge is 0.367 e. The highest BCUT2D eigenvalue weighted by molar-refractivity contribution is 5.88. The van der Waals surface area contributed by atoms with Gasteiger partial charge in [0, 0.05) is 25.2 Å². The number of allylic oxidation sites excluding steroid dienone is 1. The molecule has 1 heterocycles. The molecule has 0 spiro atoms. The molecule has 1 aliphatic heterocycles. The SMILES string of the molecule is CC(C)=CC(=O)N[C@H]1CCCN(c2ccc(C#N)cc2F)C1. The highest BCUT2D eigenvalue weighted by Crippen LogP contribution is 2.24. The zero-order valence-electron chi connectivity index (χ0n) is 12.9. The van der Waals surface area contributed by atoms with Crippen molar-refractivity contribution in [2.45, 2.75) is 32.7 Å². The molecule has 0 aromatic heterocycles. The monoisotopic (exact) mass is 301 g/mol. The fourth-order valence-corrected chi connectivity index (χ4v) is 2.65. The number of hydrogen-bond donors (Lipinski definition) is 1. The van der Waals surface area contributed by atoms with E-state index in [4.69, 9.17) is 5.26 Å². The predicted molar refractivity (Wildman–Crippen MR) is 83.9 cm³/mol. The molecule has 0 bridgehead atoms. The van der Waals surface area contributed by atoms with Crippen LogP contribution < -0.4 is 10.2 Å². The molecule has 0 aliphatic carbocycles. The van der Waals surface area contributed by atoms with E-state index in [9.17, 15) is 9.18 Å². The standard InChI is InChI=1S/C17H20FN3O/c1-12(2)8-17(22)20-14-4-3-7-21(11-14)16-6-5-13(10-19)9-15(16)18/h5-6,8-9,14H,3-4,7,11H2,1-2H3,(H,20,22)/t14-/m0/s1. The second-order valence-corrected chi connectivity index (χ2v) is 5.79. The number of benzene rings is 1. The van der Waals surface area contributed by atoms with Crippen molar-refractivity contribution in [3.63, 3.8) is 0 Å². The lowest BCUT2D eigenvalue weighted by molar-refractivity contribution is -0.117. The first kappa shape index (κ1) is 16.0. The van der Waals surface area contributed by atoms with Crippen molar-refractivity contribution in [1.29, 1.82) is 5.26 Å². The fraction of sp³-hybridized carbons (Fsp3) is 0.412. The molecule has 1 aromatic carbocycles. The molecule has 1 aliphatic rings. The smallest absolute Gasteiger partial charge is 0.244 e. The van der Waals surface area contributed by atoms with Crippen LogP contribution in [0.4, 0.5) is 10.1 Å². The van der Waals surface area contributed by atoms with Crippen LogP contribution in [-0.4, -0.2) is 25.0 Å². The highest BCUT2D eigenvalue weighted by atomic mass is 19.1. The Bertz CT molecular complexity index is 629. The summed E-state index contributed by atoms with van der Waals surface area (Å²) in [5, 5.41) is 11.8. The van der Waals surface area contributed by atoms with Crippen LogP contribution in [-0.2, 0) is 4.79 Å². The fourth-order valence-electron chi connectivity index (χ4n) is 2.65. The number of rotatable bonds is 3. The van der Waals surface area contributed by atoms with E-state index in [1.165, 1.54) is 6.07 Å². The van der Waals surface area contributed by atoms with Crippen LogP contribution in [0.2, 0.25) is 0 Å². The van der Waals surface area contributed by atoms with Gasteiger partial charge in [-0.3, -0.25) is 4.79 Å². The second-order valence-electron chi connectivity index (χ2n) is 5.79. The van der Waals surface area contributed by atoms with E-state index >= 15 is 0 Å². The Morgan fingerprint density at radius 2 is 2.27 bits per heavy atom. The third-order valence-electron chi connectivity index (χ3n) is 3.61. The number of anilines is 1. The Balaban J connectivity index is 2.06. The molecule has 0 saturated carbocycles. The van der Waals surface area contributed by atoms with Gasteiger partial charge in [0.05, 0.1) is 17.3 Å². The molecular weight excluding hydrogens is 281 g/mol. The predicted octanol–water partition coefficient (Wildman–Crippen LogP) is 2.75. The van der Waals surface area contributed by atoms with Gasteiger partial charge in [0.1, 0.15) is 5.82 Å². The third-order valence-corrected chi connectivity index (χ3v) is 3.61. The summed E-state index contributed by atoms with van der Waals surface area (Å²) >= 11 is 0. The maximum absolute atomic E-state index is 14.1. The minimum atomic E-state index is -0.393. The maximum atomic E-state index is 14.1. The number of halogens is 1. The third kappa shape index (κ3) is 4.08. The van der Waals surface area contributed by atoms with Crippen molar-refractivity contribution in [2.24, 2.45) is 0 Å². The van der Waals surface area contributed by atoms with Crippen molar-refractivity contribution < 1.29 is 9.18 Å². The van der Waals surface area contributed by atoms with Crippen LogP contribution in [0.5, 0.6) is 0 Å². The van der Waals surface area contributed by atoms with E-state index in [1.54, 1.807) is 18.2 Å². The number of piperidine rings is 1. The summed E-state index contributed by atoms with van der Waals surface area (Å²) in [5.41, 5.74) is 1.75. The molecule has 116 valence electrons. The maximum Gasteiger partial charge on any atom is 0.244 e. The molecule has 4 nitrogen and oxygen atoms in total. The van der Waals surface area contributed by atoms with Crippen molar-refractivity contribution in [2.75, 3.05) is 18.0 Å². The lowest BCUT2D eigenvalue weighted by Gasteiger charge is -2.34. The number of carbonyl (C=O) groups excluding carboxylic acids is 1. The molecule has 1 fully saturated rings. The first-order valence-corrected chi connectivity index (χ1v) is 7.39. The first-order valence-electron chi connectivity index (χ1n) is 7.39. The molecule has 1 atom stereocenters. The summed E-state index contributed by atoms with van der Waals surface area (Å²) in [5.74, 6) is -0.498. The average molecular weight is 301 g/mol. The van der Waals surface area contributed by atoms with E-state index in [1.807, 2.05) is 24.8 Å². The summed E-state index contributed by atoms with van der Waals surface area (Å²) in [6.45, 7) is 5.07. The zero-order chi connectivity index (χ0) is 16.1. The van der Waals surface area contributed by atoms with Gasteiger partial charge in [0.15, 0.2) is 0 Å². The molecule has 1 amide bonds. The zero-order valence-corrected chi connectivity index (χ0v) is 12.9. The molecule has 2 rings (SSSR count). The summed E-state index contributed by atoms with van der Waals surface area (Å²) < 4.78 is 14.1. The topological polar surface area (TPSA) is 56.1 Å². The van der Waals surface area contributed by atoms with Crippen molar-refractivity contribution >= 4 is 11.6 Å². The van der Waals surface area contributed by atoms with Gasteiger partial charge in [-0.05, 0) is 44.9 Å². The van der Waals surface area contributed by atoms with Crippen molar-refractivity contribution in [3.05, 3.63) is 41.2 Å². The van der Waals surface area contributed by atoms with Crippen molar-refractivity contribution in [1.82, 2.24) is 5.32 Å². The minimum Gasteiger partial charge on any atom is -0.367 e. The van der Waals surface area contributed by atoms with E-state index in [0.717, 1.165) is 25.0 Å². The average Bonchev–Trinajstić information content (AvgIpc) is 2.46. The number of hydrogen-bond acceptors (Lipinski definition) is 3. The highest BCUT2D eigenvalue weighted by Gasteiger charge is 2.23. The van der Waals surface area contributed by atoms with Gasteiger partial charge in [-0.1, -0.05) is 5.57 Å². The van der Waals surface area contributed by atoms with Gasteiger partial charge >= 0.3 is 0 Å². The van der Waals surface area contributed by atoms with Crippen LogP contribution in [0.1, 0.15) is 32.3 Å². The van der Waals surface area contributed by atoms with Gasteiger partial charge < -0.3 is 10.2 Å². The Hall–Kier alpha value is -2.35. The summed E-state index contributed by atoms with van der Waals surface area (Å²) in [6, 6.07) is 6.43. The molecule has 1 saturated heterocycles. The Kier molecular flexibility index (Phi) is 5.16. The van der Waals surface area contributed by atoms with Crippen LogP contribution in [0.3, 0.4) is 0 Å². The first-order chi connectivity index (χ1) is 10.5. The van der Waals surface area contributed by atoms with Crippen LogP contribution in [0.25, 0.3) is 0 Å². The van der Waals surface area contributed by atoms with Crippen LogP contribution in [0, 0.1) is 17.1 Å². The molecule has 22 heavy (non-hydrogen) atoms. The number of carbonyl (C=O) groups is 1. The van der Waals surface area contributed by atoms with Gasteiger partial charge in [-0.25, -0.2) is 4.39 Å². The number of amides is 1. The van der Waals surface area contributed by atoms with Gasteiger partial charge in [-0.15, -0.1) is 0 Å². The Morgan fingerprint density at radius 1 is 1.50 bits per heavy atom. The number of nitrogens with zero attached hydrogens (tertiary/aromatic N) is 2. The summed E-state index contributed by atoms with van der Waals surface area (Å²) in [6.07, 6.45) is 3.34. The Labute approximate surface area is 130 Å².